The Bertz CT molecular complexity index is 382. The lowest BCUT2D eigenvalue weighted by atomic mass is 9.57. The maximum atomic E-state index is 4.07. The molecule has 3 saturated carbocycles. The lowest BCUT2D eigenvalue weighted by Gasteiger charge is -2.49. The molecule has 2 aliphatic heterocycles. The van der Waals surface area contributed by atoms with Gasteiger partial charge in [0.2, 0.25) is 0 Å². The van der Waals surface area contributed by atoms with Crippen LogP contribution in [0.25, 0.3) is 0 Å². The largest absolute Gasteiger partial charge is 0.313 e. The Morgan fingerprint density at radius 2 is 1.55 bits per heavy atom. The Hall–Kier alpha value is -0.0800. The highest BCUT2D eigenvalue weighted by Crippen LogP contribution is 2.54. The second-order valence-corrected chi connectivity index (χ2v) is 8.42. The van der Waals surface area contributed by atoms with Crippen LogP contribution in [0, 0.1) is 29.6 Å². The molecule has 5 fully saturated rings. The van der Waals surface area contributed by atoms with E-state index < -0.39 is 0 Å². The summed E-state index contributed by atoms with van der Waals surface area (Å²) in [6.45, 7) is 1.30. The van der Waals surface area contributed by atoms with E-state index in [9.17, 15) is 0 Å². The topological polar surface area (TPSA) is 24.1 Å². The van der Waals surface area contributed by atoms with Gasteiger partial charge < -0.3 is 10.6 Å². The van der Waals surface area contributed by atoms with Crippen LogP contribution in [0.3, 0.4) is 0 Å². The summed E-state index contributed by atoms with van der Waals surface area (Å²) >= 11 is 0. The summed E-state index contributed by atoms with van der Waals surface area (Å²) < 4.78 is 0. The van der Waals surface area contributed by atoms with Crippen LogP contribution < -0.4 is 10.6 Å². The van der Waals surface area contributed by atoms with E-state index in [1.165, 1.54) is 57.9 Å². The van der Waals surface area contributed by atoms with Crippen molar-refractivity contribution >= 4 is 0 Å². The average molecular weight is 274 g/mol. The zero-order chi connectivity index (χ0) is 13.1. The minimum Gasteiger partial charge on any atom is -0.313 e. The first-order chi connectivity index (χ1) is 9.92. The molecule has 0 bridgehead atoms. The van der Waals surface area contributed by atoms with Gasteiger partial charge in [0.05, 0.1) is 0 Å². The van der Waals surface area contributed by atoms with Crippen LogP contribution in [0.2, 0.25) is 0 Å². The summed E-state index contributed by atoms with van der Waals surface area (Å²) in [5.41, 5.74) is 0. The summed E-state index contributed by atoms with van der Waals surface area (Å²) in [5.74, 6) is 5.20. The first-order valence-corrected chi connectivity index (χ1v) is 9.41. The summed E-state index contributed by atoms with van der Waals surface area (Å²) in [6.07, 6.45) is 13.5. The molecule has 112 valence electrons. The van der Waals surface area contributed by atoms with Crippen molar-refractivity contribution in [1.82, 2.24) is 10.6 Å². The SMILES string of the molecule is C1CCC2C(C1)NC1CCC3C(CC[C@@H]4CCN[C@H]34)C12. The van der Waals surface area contributed by atoms with E-state index in [0.29, 0.717) is 0 Å². The van der Waals surface area contributed by atoms with Crippen molar-refractivity contribution in [3.63, 3.8) is 0 Å². The Balaban J connectivity index is 1.43. The van der Waals surface area contributed by atoms with Gasteiger partial charge in [0.1, 0.15) is 0 Å². The van der Waals surface area contributed by atoms with E-state index in [-0.39, 0.29) is 0 Å². The molecular formula is C18H30N2. The first-order valence-electron chi connectivity index (χ1n) is 9.41. The highest BCUT2D eigenvalue weighted by atomic mass is 15.0. The minimum atomic E-state index is 0.891. The third-order valence-electron chi connectivity index (χ3n) is 7.80. The normalized spacial score (nSPS) is 57.6. The molecule has 2 N–H and O–H groups in total. The average Bonchev–Trinajstić information content (AvgIpc) is 3.10. The molecule has 2 nitrogen and oxygen atoms in total. The van der Waals surface area contributed by atoms with Gasteiger partial charge >= 0.3 is 0 Å². The summed E-state index contributed by atoms with van der Waals surface area (Å²) in [4.78, 5) is 0. The Kier molecular flexibility index (Phi) is 2.93. The molecular weight excluding hydrogens is 244 g/mol. The van der Waals surface area contributed by atoms with Crippen LogP contribution in [-0.4, -0.2) is 24.7 Å². The molecule has 0 amide bonds. The molecule has 5 rings (SSSR count). The van der Waals surface area contributed by atoms with Gasteiger partial charge in [0.15, 0.2) is 0 Å². The molecule has 6 unspecified atom stereocenters. The molecule has 2 heterocycles. The van der Waals surface area contributed by atoms with Crippen molar-refractivity contribution in [2.24, 2.45) is 29.6 Å². The van der Waals surface area contributed by atoms with E-state index in [1.807, 2.05) is 0 Å². The predicted molar refractivity (Wildman–Crippen MR) is 81.5 cm³/mol. The van der Waals surface area contributed by atoms with Crippen LogP contribution in [-0.2, 0) is 0 Å². The fraction of sp³-hybridized carbons (Fsp3) is 1.00. The Morgan fingerprint density at radius 3 is 2.55 bits per heavy atom. The maximum Gasteiger partial charge on any atom is 0.0127 e. The van der Waals surface area contributed by atoms with Gasteiger partial charge in [-0.1, -0.05) is 12.8 Å². The van der Waals surface area contributed by atoms with Crippen LogP contribution in [0.15, 0.2) is 0 Å². The molecule has 5 aliphatic rings. The van der Waals surface area contributed by atoms with Crippen LogP contribution >= 0.6 is 0 Å². The molecule has 3 aliphatic carbocycles. The van der Waals surface area contributed by atoms with E-state index >= 15 is 0 Å². The van der Waals surface area contributed by atoms with E-state index in [2.05, 4.69) is 10.6 Å². The Labute approximate surface area is 123 Å². The lowest BCUT2D eigenvalue weighted by molar-refractivity contribution is 0.0289. The van der Waals surface area contributed by atoms with Crippen LogP contribution in [0.1, 0.15) is 57.8 Å². The fourth-order valence-corrected chi connectivity index (χ4v) is 7.14. The minimum absolute atomic E-state index is 0.891. The molecule has 2 heteroatoms. The van der Waals surface area contributed by atoms with Gasteiger partial charge in [-0.15, -0.1) is 0 Å². The lowest BCUT2D eigenvalue weighted by Crippen LogP contribution is -2.51. The molecule has 20 heavy (non-hydrogen) atoms. The van der Waals surface area contributed by atoms with E-state index in [4.69, 9.17) is 0 Å². The van der Waals surface area contributed by atoms with E-state index in [0.717, 1.165) is 47.7 Å². The quantitative estimate of drug-likeness (QED) is 0.710. The number of rotatable bonds is 0. The molecule has 0 spiro atoms. The number of nitrogens with one attached hydrogen (secondary N) is 2. The second-order valence-electron chi connectivity index (χ2n) is 8.42. The van der Waals surface area contributed by atoms with Crippen molar-refractivity contribution in [3.8, 4) is 0 Å². The summed E-state index contributed by atoms with van der Waals surface area (Å²) in [6, 6.07) is 2.69. The zero-order valence-electron chi connectivity index (χ0n) is 12.7. The van der Waals surface area contributed by atoms with Gasteiger partial charge in [0.25, 0.3) is 0 Å². The van der Waals surface area contributed by atoms with Crippen molar-refractivity contribution < 1.29 is 0 Å². The molecule has 0 aromatic heterocycles. The highest BCUT2D eigenvalue weighted by Gasteiger charge is 2.54. The van der Waals surface area contributed by atoms with Gasteiger partial charge in [-0.3, -0.25) is 0 Å². The van der Waals surface area contributed by atoms with Crippen molar-refractivity contribution in [3.05, 3.63) is 0 Å². The van der Waals surface area contributed by atoms with Crippen LogP contribution in [0.5, 0.6) is 0 Å². The summed E-state index contributed by atoms with van der Waals surface area (Å²) in [7, 11) is 0. The number of hydrogen-bond acceptors (Lipinski definition) is 2. The number of hydrogen-bond donors (Lipinski definition) is 2. The van der Waals surface area contributed by atoms with Crippen molar-refractivity contribution in [2.45, 2.75) is 75.9 Å². The zero-order valence-corrected chi connectivity index (χ0v) is 12.7. The fourth-order valence-electron chi connectivity index (χ4n) is 7.14. The first kappa shape index (κ1) is 12.5. The molecule has 8 atom stereocenters. The van der Waals surface area contributed by atoms with Crippen molar-refractivity contribution in [1.29, 1.82) is 0 Å². The van der Waals surface area contributed by atoms with Gasteiger partial charge in [-0.2, -0.15) is 0 Å². The van der Waals surface area contributed by atoms with Crippen molar-refractivity contribution in [2.75, 3.05) is 6.54 Å². The molecule has 0 aromatic carbocycles. The van der Waals surface area contributed by atoms with Gasteiger partial charge in [0, 0.05) is 18.1 Å². The monoisotopic (exact) mass is 274 g/mol. The predicted octanol–water partition coefficient (Wildman–Crippen LogP) is 2.93. The third kappa shape index (κ3) is 1.70. The molecule has 0 aromatic rings. The smallest absolute Gasteiger partial charge is 0.0127 e. The Morgan fingerprint density at radius 1 is 0.650 bits per heavy atom. The van der Waals surface area contributed by atoms with Crippen LogP contribution in [0.4, 0.5) is 0 Å². The highest BCUT2D eigenvalue weighted by molar-refractivity contribution is 5.09. The summed E-state index contributed by atoms with van der Waals surface area (Å²) in [5, 5.41) is 7.96. The molecule has 0 radical (unpaired) electrons. The van der Waals surface area contributed by atoms with Gasteiger partial charge in [-0.25, -0.2) is 0 Å². The van der Waals surface area contributed by atoms with E-state index in [1.54, 1.807) is 6.42 Å². The third-order valence-corrected chi connectivity index (χ3v) is 7.80. The standard InChI is InChI=1S/C18H30N2/c1-2-4-15-14(3-1)17-12-6-5-11-9-10-19-18(11)13(12)7-8-16(17)20-15/h11-20H,1-10H2/t11-,12?,13?,14?,15?,16?,17?,18+/m1/s1. The second kappa shape index (κ2) is 4.71. The molecule has 2 saturated heterocycles. The number of fused-ring (bicyclic) bond motifs is 7. The maximum absolute atomic E-state index is 4.07. The van der Waals surface area contributed by atoms with Gasteiger partial charge in [-0.05, 0) is 81.1 Å².